The van der Waals surface area contributed by atoms with E-state index in [2.05, 4.69) is 39.3 Å². The lowest BCUT2D eigenvalue weighted by Crippen LogP contribution is -2.59. The van der Waals surface area contributed by atoms with Crippen LogP contribution in [-0.2, 0) is 0 Å². The number of pyridine rings is 1. The summed E-state index contributed by atoms with van der Waals surface area (Å²) in [5.41, 5.74) is 1.10. The fourth-order valence-corrected chi connectivity index (χ4v) is 8.30. The summed E-state index contributed by atoms with van der Waals surface area (Å²) in [6.07, 6.45) is 12.3. The van der Waals surface area contributed by atoms with Crippen LogP contribution in [-0.4, -0.2) is 74.9 Å². The summed E-state index contributed by atoms with van der Waals surface area (Å²) in [5, 5.41) is 15.1. The topological polar surface area (TPSA) is 86.6 Å². The number of hydrogen-bond donors (Lipinski definition) is 2. The largest absolute Gasteiger partial charge is 0.508 e. The van der Waals surface area contributed by atoms with Crippen molar-refractivity contribution in [3.63, 3.8) is 0 Å². The normalized spacial score (nSPS) is 23.5. The Morgan fingerprint density at radius 1 is 1.17 bits per heavy atom. The molecule has 8 nitrogen and oxygen atoms in total. The van der Waals surface area contributed by atoms with E-state index in [4.69, 9.17) is 16.1 Å². The predicted octanol–water partition coefficient (Wildman–Crippen LogP) is 5.94. The molecule has 244 valence electrons. The Morgan fingerprint density at radius 3 is 2.71 bits per heavy atom. The van der Waals surface area contributed by atoms with Gasteiger partial charge < -0.3 is 20.1 Å². The molecule has 4 aromatic rings. The van der Waals surface area contributed by atoms with Gasteiger partial charge in [0.2, 0.25) is 0 Å². The van der Waals surface area contributed by atoms with Crippen molar-refractivity contribution in [3.8, 4) is 35.4 Å². The number of rotatable bonds is 6. The SMILES string of the molecule is C#Cc1c(F)ccc2cc(O)cc(-c3ncc4c(N5CC6CCC(C=CF)(C5)N6)nc(OCC56CC(=C)CN5CC(=C)C6)nc4c3F)c12. The van der Waals surface area contributed by atoms with E-state index in [1.54, 1.807) is 0 Å². The average Bonchev–Trinajstić information content (AvgIpc) is 3.64. The van der Waals surface area contributed by atoms with E-state index in [0.29, 0.717) is 36.0 Å². The van der Waals surface area contributed by atoms with Gasteiger partial charge in [0.25, 0.3) is 0 Å². The predicted molar refractivity (Wildman–Crippen MR) is 178 cm³/mol. The smallest absolute Gasteiger partial charge is 0.319 e. The molecular weight excluding hydrogens is 617 g/mol. The third kappa shape index (κ3) is 4.81. The Balaban J connectivity index is 1.29. The van der Waals surface area contributed by atoms with E-state index in [0.717, 1.165) is 49.9 Å². The Bertz CT molecular complexity index is 2110. The van der Waals surface area contributed by atoms with Crippen molar-refractivity contribution in [3.05, 3.63) is 84.4 Å². The monoisotopic (exact) mass is 650 g/mol. The highest BCUT2D eigenvalue weighted by Crippen LogP contribution is 2.44. The number of benzene rings is 2. The second-order valence-electron chi connectivity index (χ2n) is 13.6. The van der Waals surface area contributed by atoms with Crippen LogP contribution in [0.15, 0.2) is 67.2 Å². The molecule has 2 N–H and O–H groups in total. The summed E-state index contributed by atoms with van der Waals surface area (Å²) >= 11 is 0. The van der Waals surface area contributed by atoms with Gasteiger partial charge in [-0.25, -0.2) is 13.2 Å². The molecule has 2 atom stereocenters. The van der Waals surface area contributed by atoms with Crippen molar-refractivity contribution in [2.45, 2.75) is 42.8 Å². The van der Waals surface area contributed by atoms with Gasteiger partial charge in [-0.1, -0.05) is 36.3 Å². The van der Waals surface area contributed by atoms with Gasteiger partial charge in [-0.05, 0) is 55.3 Å². The lowest BCUT2D eigenvalue weighted by atomic mass is 9.92. The Hall–Kier alpha value is -4.92. The maximum atomic E-state index is 16.9. The molecule has 0 spiro atoms. The zero-order chi connectivity index (χ0) is 33.4. The molecule has 4 saturated heterocycles. The standard InChI is InChI=1S/C37H33F3N6O2/c1-4-26-29(39)6-5-23-11-25(47)12-27(30(23)26)32-31(40)33-28(15-41-32)34(45-18-24-7-8-36(19-45,44-24)9-10-38)43-35(42-33)48-20-37-13-21(2)16-46(37)17-22(3)14-37/h1,5-6,9-12,15,24,44,47H,2-3,7-8,13-14,16-20H2. The number of aromatic hydroxyl groups is 1. The number of halogens is 3. The van der Waals surface area contributed by atoms with Crippen molar-refractivity contribution in [1.82, 2.24) is 25.2 Å². The van der Waals surface area contributed by atoms with Gasteiger partial charge in [-0.3, -0.25) is 9.88 Å². The lowest BCUT2D eigenvalue weighted by molar-refractivity contribution is 0.108. The van der Waals surface area contributed by atoms with Crippen molar-refractivity contribution < 1.29 is 23.0 Å². The minimum Gasteiger partial charge on any atom is -0.508 e. The summed E-state index contributed by atoms with van der Waals surface area (Å²) in [5.74, 6) is 1.16. The van der Waals surface area contributed by atoms with Crippen LogP contribution in [0.1, 0.15) is 31.2 Å². The maximum absolute atomic E-state index is 16.9. The zero-order valence-corrected chi connectivity index (χ0v) is 26.2. The minimum absolute atomic E-state index is 0.0185. The molecule has 2 bridgehead atoms. The number of piperazine rings is 1. The lowest BCUT2D eigenvalue weighted by Gasteiger charge is -2.40. The van der Waals surface area contributed by atoms with E-state index in [1.165, 1.54) is 36.5 Å². The van der Waals surface area contributed by atoms with E-state index in [1.807, 2.05) is 4.90 Å². The van der Waals surface area contributed by atoms with Crippen LogP contribution in [0.25, 0.3) is 32.9 Å². The third-order valence-electron chi connectivity index (χ3n) is 10.2. The van der Waals surface area contributed by atoms with Gasteiger partial charge in [0.05, 0.1) is 28.4 Å². The fraction of sp³-hybridized carbons (Fsp3) is 0.324. The molecule has 4 aliphatic heterocycles. The molecule has 2 aromatic heterocycles. The van der Waals surface area contributed by atoms with Crippen LogP contribution in [0.4, 0.5) is 19.0 Å². The van der Waals surface area contributed by atoms with Crippen molar-refractivity contribution >= 4 is 27.5 Å². The molecule has 0 saturated carbocycles. The maximum Gasteiger partial charge on any atom is 0.319 e. The first-order chi connectivity index (χ1) is 23.1. The van der Waals surface area contributed by atoms with E-state index >= 15 is 4.39 Å². The molecule has 6 heterocycles. The first kappa shape index (κ1) is 30.4. The number of anilines is 1. The van der Waals surface area contributed by atoms with Gasteiger partial charge in [0, 0.05) is 49.4 Å². The van der Waals surface area contributed by atoms with E-state index in [-0.39, 0.29) is 57.7 Å². The molecule has 0 aliphatic carbocycles. The van der Waals surface area contributed by atoms with Crippen molar-refractivity contribution in [2.24, 2.45) is 0 Å². The molecule has 11 heteroatoms. The van der Waals surface area contributed by atoms with Crippen LogP contribution in [0.5, 0.6) is 11.8 Å². The first-order valence-corrected chi connectivity index (χ1v) is 15.9. The number of phenolic OH excluding ortho intramolecular Hbond substituents is 1. The molecule has 0 amide bonds. The Morgan fingerprint density at radius 2 is 1.96 bits per heavy atom. The van der Waals surface area contributed by atoms with Crippen LogP contribution in [0.2, 0.25) is 0 Å². The molecule has 8 rings (SSSR count). The molecule has 2 unspecified atom stereocenters. The summed E-state index contributed by atoms with van der Waals surface area (Å²) < 4.78 is 51.7. The number of fused-ring (bicyclic) bond motifs is 5. The summed E-state index contributed by atoms with van der Waals surface area (Å²) in [6, 6.07) is 5.47. The number of terminal acetylenes is 1. The van der Waals surface area contributed by atoms with E-state index in [9.17, 15) is 13.9 Å². The van der Waals surface area contributed by atoms with Crippen molar-refractivity contribution in [2.75, 3.05) is 37.7 Å². The molecule has 2 aromatic carbocycles. The number of phenols is 1. The number of nitrogens with zero attached hydrogens (tertiary/aromatic N) is 5. The zero-order valence-electron chi connectivity index (χ0n) is 26.2. The number of aromatic nitrogens is 3. The summed E-state index contributed by atoms with van der Waals surface area (Å²) in [6.45, 7) is 11.1. The molecular formula is C37H33F3N6O2. The molecule has 0 radical (unpaired) electrons. The second-order valence-corrected chi connectivity index (χ2v) is 13.6. The van der Waals surface area contributed by atoms with Gasteiger partial charge in [0.15, 0.2) is 5.82 Å². The van der Waals surface area contributed by atoms with Gasteiger partial charge >= 0.3 is 6.01 Å². The highest BCUT2D eigenvalue weighted by atomic mass is 19.1. The van der Waals surface area contributed by atoms with Gasteiger partial charge in [-0.15, -0.1) is 6.42 Å². The Kier molecular flexibility index (Phi) is 7.02. The fourth-order valence-electron chi connectivity index (χ4n) is 8.30. The second kappa shape index (κ2) is 11.1. The van der Waals surface area contributed by atoms with Gasteiger partial charge in [0.1, 0.15) is 35.2 Å². The van der Waals surface area contributed by atoms with Crippen LogP contribution < -0.4 is 15.0 Å². The van der Waals surface area contributed by atoms with Gasteiger partial charge in [-0.2, -0.15) is 9.97 Å². The van der Waals surface area contributed by atoms with Crippen LogP contribution in [0.3, 0.4) is 0 Å². The number of nitrogens with one attached hydrogen (secondary N) is 1. The highest BCUT2D eigenvalue weighted by Gasteiger charge is 2.48. The first-order valence-electron chi connectivity index (χ1n) is 15.9. The van der Waals surface area contributed by atoms with Crippen LogP contribution in [0, 0.1) is 24.0 Å². The summed E-state index contributed by atoms with van der Waals surface area (Å²) in [7, 11) is 0. The van der Waals surface area contributed by atoms with Crippen molar-refractivity contribution in [1.29, 1.82) is 0 Å². The summed E-state index contributed by atoms with van der Waals surface area (Å²) in [4.78, 5) is 18.2. The minimum atomic E-state index is -0.806. The highest BCUT2D eigenvalue weighted by molar-refractivity contribution is 6.03. The average molecular weight is 651 g/mol. The van der Waals surface area contributed by atoms with Crippen LogP contribution >= 0.6 is 0 Å². The number of ether oxygens (including phenoxy) is 1. The molecule has 4 fully saturated rings. The quantitative estimate of drug-likeness (QED) is 0.196. The molecule has 48 heavy (non-hydrogen) atoms. The molecule has 4 aliphatic rings. The van der Waals surface area contributed by atoms with E-state index < -0.39 is 17.2 Å². The Labute approximate surface area is 275 Å². The third-order valence-corrected chi connectivity index (χ3v) is 10.2. The number of hydrogen-bond acceptors (Lipinski definition) is 8.